The maximum absolute atomic E-state index is 12.2. The second-order valence-corrected chi connectivity index (χ2v) is 6.08. The number of aromatic nitrogens is 2. The predicted octanol–water partition coefficient (Wildman–Crippen LogP) is 3.58. The van der Waals surface area contributed by atoms with Crippen LogP contribution in [0.5, 0.6) is 5.75 Å². The van der Waals surface area contributed by atoms with Crippen molar-refractivity contribution in [3.05, 3.63) is 83.6 Å². The number of hydrogen-bond acceptors (Lipinski definition) is 4. The molecular formula is C21H20N4O2. The van der Waals surface area contributed by atoms with Crippen LogP contribution in [0, 0.1) is 6.92 Å². The topological polar surface area (TPSA) is 90.4 Å². The van der Waals surface area contributed by atoms with Gasteiger partial charge in [0.25, 0.3) is 5.91 Å². The fourth-order valence-corrected chi connectivity index (χ4v) is 2.57. The smallest absolute Gasteiger partial charge is 0.289 e. The molecule has 0 aliphatic rings. The molecule has 0 bridgehead atoms. The van der Waals surface area contributed by atoms with E-state index in [4.69, 9.17) is 0 Å². The first-order valence-electron chi connectivity index (χ1n) is 8.46. The van der Waals surface area contributed by atoms with Crippen LogP contribution in [-0.4, -0.2) is 27.4 Å². The van der Waals surface area contributed by atoms with Crippen LogP contribution in [0.4, 0.5) is 0 Å². The second-order valence-electron chi connectivity index (χ2n) is 6.08. The highest BCUT2D eigenvalue weighted by atomic mass is 16.3. The van der Waals surface area contributed by atoms with Gasteiger partial charge >= 0.3 is 0 Å². The van der Waals surface area contributed by atoms with Crippen LogP contribution in [0.15, 0.2) is 66.3 Å². The summed E-state index contributed by atoms with van der Waals surface area (Å²) < 4.78 is 0. The van der Waals surface area contributed by atoms with E-state index in [1.54, 1.807) is 18.2 Å². The van der Waals surface area contributed by atoms with Gasteiger partial charge in [0.1, 0.15) is 11.4 Å². The van der Waals surface area contributed by atoms with Gasteiger partial charge < -0.3 is 5.11 Å². The number of allylic oxidation sites excluding steroid dienone is 1. The third kappa shape index (κ3) is 4.30. The van der Waals surface area contributed by atoms with E-state index in [0.29, 0.717) is 23.4 Å². The largest absolute Gasteiger partial charge is 0.507 e. The normalized spacial score (nSPS) is 10.9. The van der Waals surface area contributed by atoms with Crippen LogP contribution in [-0.2, 0) is 6.42 Å². The fraction of sp³-hybridized carbons (Fsp3) is 0.0952. The molecule has 0 unspecified atom stereocenters. The summed E-state index contributed by atoms with van der Waals surface area (Å²) in [6, 6.07) is 14.9. The van der Waals surface area contributed by atoms with Crippen LogP contribution in [0.3, 0.4) is 0 Å². The first kappa shape index (κ1) is 18.1. The van der Waals surface area contributed by atoms with Gasteiger partial charge in [-0.2, -0.15) is 10.2 Å². The van der Waals surface area contributed by atoms with Gasteiger partial charge in [0.15, 0.2) is 0 Å². The Balaban J connectivity index is 1.68. The molecule has 1 amide bonds. The zero-order valence-electron chi connectivity index (χ0n) is 14.9. The Bertz CT molecular complexity index is 988. The summed E-state index contributed by atoms with van der Waals surface area (Å²) in [5.74, 6) is -0.294. The number of amides is 1. The lowest BCUT2D eigenvalue weighted by Gasteiger charge is -2.04. The van der Waals surface area contributed by atoms with Crippen LogP contribution >= 0.6 is 0 Å². The Hall–Kier alpha value is -3.67. The molecule has 6 heteroatoms. The average Bonchev–Trinajstić information content (AvgIpc) is 3.15. The standard InChI is InChI=1S/C21H20N4O2/c1-3-5-16-6-4-7-17(20(16)26)13-22-25-21(27)19-12-18(23-24-19)15-10-8-14(2)9-11-15/h3-4,6-13,26H,1,5H2,2H3,(H,23,24)(H,25,27). The van der Waals surface area contributed by atoms with Gasteiger partial charge in [0, 0.05) is 11.1 Å². The first-order chi connectivity index (χ1) is 13.1. The number of para-hydroxylation sites is 1. The van der Waals surface area contributed by atoms with E-state index >= 15 is 0 Å². The van der Waals surface area contributed by atoms with Crippen molar-refractivity contribution in [2.75, 3.05) is 0 Å². The molecule has 27 heavy (non-hydrogen) atoms. The number of aromatic hydroxyl groups is 1. The molecule has 0 spiro atoms. The number of aryl methyl sites for hydroxylation is 1. The Morgan fingerprint density at radius 3 is 2.81 bits per heavy atom. The van der Waals surface area contributed by atoms with Gasteiger partial charge in [-0.15, -0.1) is 6.58 Å². The predicted molar refractivity (Wildman–Crippen MR) is 106 cm³/mol. The van der Waals surface area contributed by atoms with E-state index in [1.807, 2.05) is 43.3 Å². The van der Waals surface area contributed by atoms with Gasteiger partial charge in [0.2, 0.25) is 0 Å². The molecule has 1 aromatic heterocycles. The number of phenols is 1. The maximum Gasteiger partial charge on any atom is 0.289 e. The van der Waals surface area contributed by atoms with E-state index in [-0.39, 0.29) is 5.75 Å². The summed E-state index contributed by atoms with van der Waals surface area (Å²) in [6.07, 6.45) is 3.66. The molecule has 0 aliphatic heterocycles. The molecule has 0 saturated heterocycles. The van der Waals surface area contributed by atoms with E-state index in [2.05, 4.69) is 27.3 Å². The summed E-state index contributed by atoms with van der Waals surface area (Å²) in [5, 5.41) is 21.0. The van der Waals surface area contributed by atoms with Gasteiger partial charge in [-0.05, 0) is 31.0 Å². The summed E-state index contributed by atoms with van der Waals surface area (Å²) in [7, 11) is 0. The van der Waals surface area contributed by atoms with Crippen molar-refractivity contribution in [3.8, 4) is 17.0 Å². The van der Waals surface area contributed by atoms with Crippen LogP contribution in [0.2, 0.25) is 0 Å². The fourth-order valence-electron chi connectivity index (χ4n) is 2.57. The molecule has 3 N–H and O–H groups in total. The minimum Gasteiger partial charge on any atom is -0.507 e. The molecule has 0 aliphatic carbocycles. The van der Waals surface area contributed by atoms with Crippen molar-refractivity contribution in [2.45, 2.75) is 13.3 Å². The van der Waals surface area contributed by atoms with Crippen molar-refractivity contribution >= 4 is 12.1 Å². The average molecular weight is 360 g/mol. The third-order valence-corrected chi connectivity index (χ3v) is 4.05. The molecular weight excluding hydrogens is 340 g/mol. The summed E-state index contributed by atoms with van der Waals surface area (Å²) in [6.45, 7) is 5.67. The molecule has 6 nitrogen and oxygen atoms in total. The molecule has 3 rings (SSSR count). The molecule has 1 heterocycles. The number of aromatic amines is 1. The SMILES string of the molecule is C=CCc1cccc(C=NNC(=O)c2cc(-c3ccc(C)cc3)n[nH]2)c1O. The van der Waals surface area contributed by atoms with Gasteiger partial charge in [-0.1, -0.05) is 48.0 Å². The minimum absolute atomic E-state index is 0.124. The molecule has 0 atom stereocenters. The Morgan fingerprint density at radius 1 is 1.30 bits per heavy atom. The molecule has 2 aromatic carbocycles. The quantitative estimate of drug-likeness (QED) is 0.356. The number of nitrogens with one attached hydrogen (secondary N) is 2. The third-order valence-electron chi connectivity index (χ3n) is 4.05. The Morgan fingerprint density at radius 2 is 2.07 bits per heavy atom. The lowest BCUT2D eigenvalue weighted by atomic mass is 10.1. The van der Waals surface area contributed by atoms with Crippen LogP contribution in [0.1, 0.15) is 27.2 Å². The van der Waals surface area contributed by atoms with Crippen LogP contribution in [0.25, 0.3) is 11.3 Å². The number of H-pyrrole nitrogens is 1. The maximum atomic E-state index is 12.2. The number of nitrogens with zero attached hydrogens (tertiary/aromatic N) is 2. The van der Waals surface area contributed by atoms with E-state index in [9.17, 15) is 9.90 Å². The monoisotopic (exact) mass is 360 g/mol. The lowest BCUT2D eigenvalue weighted by molar-refractivity contribution is 0.0950. The molecule has 136 valence electrons. The minimum atomic E-state index is -0.418. The highest BCUT2D eigenvalue weighted by Gasteiger charge is 2.10. The van der Waals surface area contributed by atoms with E-state index < -0.39 is 5.91 Å². The van der Waals surface area contributed by atoms with Crippen molar-refractivity contribution in [1.82, 2.24) is 15.6 Å². The Labute approximate surface area is 157 Å². The number of hydrazone groups is 1. The molecule has 0 fully saturated rings. The van der Waals surface area contributed by atoms with Gasteiger partial charge in [-0.25, -0.2) is 5.43 Å². The number of carbonyl (C=O) groups excluding carboxylic acids is 1. The zero-order chi connectivity index (χ0) is 19.2. The number of rotatable bonds is 6. The lowest BCUT2D eigenvalue weighted by Crippen LogP contribution is -2.18. The van der Waals surface area contributed by atoms with Gasteiger partial charge in [0.05, 0.1) is 11.9 Å². The highest BCUT2D eigenvalue weighted by molar-refractivity contribution is 5.94. The molecule has 0 saturated carbocycles. The van der Waals surface area contributed by atoms with E-state index in [0.717, 1.165) is 16.7 Å². The van der Waals surface area contributed by atoms with Crippen molar-refractivity contribution in [1.29, 1.82) is 0 Å². The highest BCUT2D eigenvalue weighted by Crippen LogP contribution is 2.21. The van der Waals surface area contributed by atoms with Crippen LogP contribution < -0.4 is 5.43 Å². The summed E-state index contributed by atoms with van der Waals surface area (Å²) in [5.41, 5.74) is 6.74. The van der Waals surface area contributed by atoms with Crippen molar-refractivity contribution in [2.24, 2.45) is 5.10 Å². The van der Waals surface area contributed by atoms with E-state index in [1.165, 1.54) is 6.21 Å². The number of benzene rings is 2. The van der Waals surface area contributed by atoms with Crippen molar-refractivity contribution in [3.63, 3.8) is 0 Å². The first-order valence-corrected chi connectivity index (χ1v) is 8.46. The number of carbonyl (C=O) groups is 1. The second kappa shape index (κ2) is 8.14. The molecule has 3 aromatic rings. The number of phenolic OH excluding ortho intramolecular Hbond substituents is 1. The Kier molecular flexibility index (Phi) is 5.47. The zero-order valence-corrected chi connectivity index (χ0v) is 14.9. The number of hydrogen-bond donors (Lipinski definition) is 3. The summed E-state index contributed by atoms with van der Waals surface area (Å²) >= 11 is 0. The summed E-state index contributed by atoms with van der Waals surface area (Å²) in [4.78, 5) is 12.2. The van der Waals surface area contributed by atoms with Gasteiger partial charge in [-0.3, -0.25) is 9.89 Å². The molecule has 0 radical (unpaired) electrons. The van der Waals surface area contributed by atoms with Crippen molar-refractivity contribution < 1.29 is 9.90 Å².